The van der Waals surface area contributed by atoms with Gasteiger partial charge in [0.1, 0.15) is 11.6 Å². The lowest BCUT2D eigenvalue weighted by Crippen LogP contribution is -2.60. The summed E-state index contributed by atoms with van der Waals surface area (Å²) in [6.07, 6.45) is -0.298. The summed E-state index contributed by atoms with van der Waals surface area (Å²) in [7, 11) is 0. The number of hydrogen-bond acceptors (Lipinski definition) is 5. The normalized spacial score (nSPS) is 17.0. The van der Waals surface area contributed by atoms with Gasteiger partial charge in [0, 0.05) is 24.0 Å². The van der Waals surface area contributed by atoms with Gasteiger partial charge in [-0.25, -0.2) is 4.79 Å². The van der Waals surface area contributed by atoms with Gasteiger partial charge in [0.05, 0.1) is 9.86 Å². The molecule has 1 aromatic heterocycles. The molecule has 1 saturated heterocycles. The van der Waals surface area contributed by atoms with Gasteiger partial charge in [-0.1, -0.05) is 0 Å². The van der Waals surface area contributed by atoms with E-state index >= 15 is 0 Å². The molecule has 5 nitrogen and oxygen atoms in total. The molecule has 1 aliphatic heterocycles. The summed E-state index contributed by atoms with van der Waals surface area (Å²) < 4.78 is 6.30. The molecule has 1 aromatic rings. The third kappa shape index (κ3) is 4.43. The van der Waals surface area contributed by atoms with Gasteiger partial charge in [0.25, 0.3) is 0 Å². The average Bonchev–Trinajstić information content (AvgIpc) is 2.72. The van der Waals surface area contributed by atoms with Gasteiger partial charge in [-0.15, -0.1) is 11.3 Å². The van der Waals surface area contributed by atoms with E-state index in [0.29, 0.717) is 13.1 Å². The van der Waals surface area contributed by atoms with Crippen molar-refractivity contribution in [3.63, 3.8) is 0 Å². The summed E-state index contributed by atoms with van der Waals surface area (Å²) in [5.41, 5.74) is -0.478. The number of ether oxygens (including phenoxy) is 1. The standard InChI is InChI=1S/C14H18BrN3O2S/c1-14(2,3)20-13(19)18-7-9(8-18)17-10(6-16)11-4-5-12(15)21-11/h4-5,9-10,17H,7-8H2,1-3H3/t10-/m1/s1. The fourth-order valence-electron chi connectivity index (χ4n) is 1.96. The molecular weight excluding hydrogens is 354 g/mol. The van der Waals surface area contributed by atoms with Crippen molar-refractivity contribution in [3.05, 3.63) is 20.8 Å². The first-order valence-corrected chi connectivity index (χ1v) is 8.28. The molecule has 0 aromatic carbocycles. The maximum atomic E-state index is 11.8. The van der Waals surface area contributed by atoms with E-state index < -0.39 is 5.60 Å². The van der Waals surface area contributed by atoms with Crippen LogP contribution in [0.5, 0.6) is 0 Å². The monoisotopic (exact) mass is 371 g/mol. The van der Waals surface area contributed by atoms with Crippen LogP contribution in [-0.2, 0) is 4.74 Å². The molecule has 0 bridgehead atoms. The molecule has 0 unspecified atom stereocenters. The fraction of sp³-hybridized carbons (Fsp3) is 0.571. The summed E-state index contributed by atoms with van der Waals surface area (Å²) in [6.45, 7) is 6.68. The first kappa shape index (κ1) is 16.3. The Hall–Kier alpha value is -1.10. The number of thiophene rings is 1. The predicted molar refractivity (Wildman–Crippen MR) is 85.1 cm³/mol. The van der Waals surface area contributed by atoms with E-state index in [1.54, 1.807) is 4.90 Å². The summed E-state index contributed by atoms with van der Waals surface area (Å²) in [5.74, 6) is 0. The number of halogens is 1. The number of nitrogens with one attached hydrogen (secondary N) is 1. The number of carbonyl (C=O) groups is 1. The number of nitriles is 1. The summed E-state index contributed by atoms with van der Waals surface area (Å²) in [5, 5.41) is 12.5. The van der Waals surface area contributed by atoms with Gasteiger partial charge in [0.15, 0.2) is 0 Å². The van der Waals surface area contributed by atoms with Crippen LogP contribution in [0.15, 0.2) is 15.9 Å². The second kappa shape index (κ2) is 6.34. The predicted octanol–water partition coefficient (Wildman–Crippen LogP) is 3.28. The molecule has 2 rings (SSSR count). The van der Waals surface area contributed by atoms with E-state index in [1.165, 1.54) is 11.3 Å². The zero-order valence-corrected chi connectivity index (χ0v) is 14.6. The lowest BCUT2D eigenvalue weighted by molar-refractivity contribution is 0.00478. The van der Waals surface area contributed by atoms with Crippen molar-refractivity contribution in [2.75, 3.05) is 13.1 Å². The Bertz CT molecular complexity index is 555. The second-order valence-corrected chi connectivity index (χ2v) is 8.45. The van der Waals surface area contributed by atoms with E-state index in [2.05, 4.69) is 27.3 Å². The molecule has 21 heavy (non-hydrogen) atoms. The Kier molecular flexibility index (Phi) is 4.91. The minimum atomic E-state index is -0.478. The molecule has 2 heterocycles. The SMILES string of the molecule is CC(C)(C)OC(=O)N1CC(N[C@H](C#N)c2ccc(Br)s2)C1. The summed E-state index contributed by atoms with van der Waals surface area (Å²) in [6, 6.07) is 5.90. The highest BCUT2D eigenvalue weighted by Gasteiger charge is 2.35. The zero-order chi connectivity index (χ0) is 15.6. The van der Waals surface area contributed by atoms with Crippen LogP contribution in [0.3, 0.4) is 0 Å². The van der Waals surface area contributed by atoms with Crippen molar-refractivity contribution in [3.8, 4) is 6.07 Å². The summed E-state index contributed by atoms with van der Waals surface area (Å²) >= 11 is 4.93. The largest absolute Gasteiger partial charge is 0.444 e. The summed E-state index contributed by atoms with van der Waals surface area (Å²) in [4.78, 5) is 14.4. The molecule has 0 saturated carbocycles. The van der Waals surface area contributed by atoms with Crippen molar-refractivity contribution in [2.45, 2.75) is 38.5 Å². The van der Waals surface area contributed by atoms with Gasteiger partial charge in [0.2, 0.25) is 0 Å². The van der Waals surface area contributed by atoms with Crippen molar-refractivity contribution in [1.82, 2.24) is 10.2 Å². The van der Waals surface area contributed by atoms with Crippen LogP contribution < -0.4 is 5.32 Å². The van der Waals surface area contributed by atoms with Crippen LogP contribution in [0.25, 0.3) is 0 Å². The Morgan fingerprint density at radius 3 is 2.71 bits per heavy atom. The third-order valence-corrected chi connectivity index (χ3v) is 4.63. The van der Waals surface area contributed by atoms with Crippen LogP contribution in [0.2, 0.25) is 0 Å². The van der Waals surface area contributed by atoms with E-state index in [1.807, 2.05) is 32.9 Å². The van der Waals surface area contributed by atoms with Gasteiger partial charge >= 0.3 is 6.09 Å². The third-order valence-electron chi connectivity index (χ3n) is 2.94. The zero-order valence-electron chi connectivity index (χ0n) is 12.2. The lowest BCUT2D eigenvalue weighted by atomic mass is 10.1. The van der Waals surface area contributed by atoms with Crippen molar-refractivity contribution in [2.24, 2.45) is 0 Å². The molecule has 1 N–H and O–H groups in total. The molecular formula is C14H18BrN3O2S. The number of carbonyl (C=O) groups excluding carboxylic acids is 1. The number of likely N-dealkylation sites (tertiary alicyclic amines) is 1. The van der Waals surface area contributed by atoms with Crippen molar-refractivity contribution >= 4 is 33.4 Å². The number of nitrogens with zero attached hydrogens (tertiary/aromatic N) is 2. The number of rotatable bonds is 3. The van der Waals surface area contributed by atoms with Crippen molar-refractivity contribution in [1.29, 1.82) is 5.26 Å². The topological polar surface area (TPSA) is 65.4 Å². The maximum absolute atomic E-state index is 11.8. The molecule has 114 valence electrons. The quantitative estimate of drug-likeness (QED) is 0.884. The smallest absolute Gasteiger partial charge is 0.410 e. The highest BCUT2D eigenvalue weighted by Crippen LogP contribution is 2.28. The first-order valence-electron chi connectivity index (χ1n) is 6.67. The van der Waals surface area contributed by atoms with Crippen LogP contribution in [0.4, 0.5) is 4.79 Å². The van der Waals surface area contributed by atoms with E-state index in [9.17, 15) is 10.1 Å². The van der Waals surface area contributed by atoms with Gasteiger partial charge in [-0.05, 0) is 48.8 Å². The average molecular weight is 372 g/mol. The minimum absolute atomic E-state index is 0.128. The molecule has 0 aliphatic carbocycles. The van der Waals surface area contributed by atoms with Crippen LogP contribution in [0.1, 0.15) is 31.7 Å². The van der Waals surface area contributed by atoms with Crippen LogP contribution in [-0.4, -0.2) is 35.7 Å². The van der Waals surface area contributed by atoms with Gasteiger partial charge in [-0.2, -0.15) is 5.26 Å². The Morgan fingerprint density at radius 2 is 2.24 bits per heavy atom. The molecule has 7 heteroatoms. The molecule has 1 fully saturated rings. The van der Waals surface area contributed by atoms with E-state index in [0.717, 1.165) is 8.66 Å². The van der Waals surface area contributed by atoms with E-state index in [4.69, 9.17) is 4.74 Å². The highest BCUT2D eigenvalue weighted by atomic mass is 79.9. The van der Waals surface area contributed by atoms with Crippen LogP contribution in [0, 0.1) is 11.3 Å². The number of hydrogen-bond donors (Lipinski definition) is 1. The molecule has 0 radical (unpaired) electrons. The highest BCUT2D eigenvalue weighted by molar-refractivity contribution is 9.11. The van der Waals surface area contributed by atoms with Gasteiger partial charge in [-0.3, -0.25) is 5.32 Å². The lowest BCUT2D eigenvalue weighted by Gasteiger charge is -2.40. The van der Waals surface area contributed by atoms with E-state index in [-0.39, 0.29) is 18.2 Å². The molecule has 1 amide bonds. The fourth-order valence-corrected chi connectivity index (χ4v) is 3.39. The maximum Gasteiger partial charge on any atom is 0.410 e. The first-order chi connectivity index (χ1) is 9.78. The Labute approximate surface area is 137 Å². The van der Waals surface area contributed by atoms with Gasteiger partial charge < -0.3 is 9.64 Å². The Balaban J connectivity index is 1.82. The molecule has 1 aliphatic rings. The molecule has 1 atom stereocenters. The second-order valence-electron chi connectivity index (χ2n) is 5.95. The van der Waals surface area contributed by atoms with Crippen LogP contribution >= 0.6 is 27.3 Å². The Morgan fingerprint density at radius 1 is 1.57 bits per heavy atom. The van der Waals surface area contributed by atoms with Crippen molar-refractivity contribution < 1.29 is 9.53 Å². The minimum Gasteiger partial charge on any atom is -0.444 e. The molecule has 0 spiro atoms. The number of amides is 1.